The maximum Gasteiger partial charge on any atom is 0.422 e. The first-order valence-electron chi connectivity index (χ1n) is 7.13. The lowest BCUT2D eigenvalue weighted by atomic mass is 10.1. The first-order valence-corrected chi connectivity index (χ1v) is 7.13. The average Bonchev–Trinajstić information content (AvgIpc) is 3.25. The molecule has 7 heteroatoms. The van der Waals surface area contributed by atoms with Gasteiger partial charge in [0.1, 0.15) is 5.75 Å². The third-order valence-electron chi connectivity index (χ3n) is 3.20. The highest BCUT2D eigenvalue weighted by Gasteiger charge is 2.29. The van der Waals surface area contributed by atoms with Crippen LogP contribution in [0, 0.1) is 6.92 Å². The molecule has 0 aromatic heterocycles. The molecular weight excluding hydrogens is 295 g/mol. The summed E-state index contributed by atoms with van der Waals surface area (Å²) in [5.74, 6) is 0.886. The molecule has 122 valence electrons. The third kappa shape index (κ3) is 5.46. The van der Waals surface area contributed by atoms with Gasteiger partial charge in [0.25, 0.3) is 0 Å². The number of nitrogens with zero attached hydrogens (tertiary/aromatic N) is 1. The standard InChI is InChI=1S/C15H20F3N3O/c1-10-3-4-11(13(7-10)22-9-15(16,17)18)8-20-14(19-2)21-12-5-6-12/h3-4,7,12H,5-6,8-9H2,1-2H3,(H2,19,20,21). The van der Waals surface area contributed by atoms with E-state index in [4.69, 9.17) is 4.74 Å². The Balaban J connectivity index is 1.99. The summed E-state index contributed by atoms with van der Waals surface area (Å²) in [7, 11) is 1.66. The van der Waals surface area contributed by atoms with Crippen LogP contribution >= 0.6 is 0 Å². The summed E-state index contributed by atoms with van der Waals surface area (Å²) in [6.07, 6.45) is -2.12. The molecule has 4 nitrogen and oxygen atoms in total. The zero-order valence-electron chi connectivity index (χ0n) is 12.6. The first kappa shape index (κ1) is 16.5. The Hall–Kier alpha value is -1.92. The number of nitrogens with one attached hydrogen (secondary N) is 2. The molecular formula is C15H20F3N3O. The Kier molecular flexibility index (Phi) is 5.15. The van der Waals surface area contributed by atoms with E-state index in [2.05, 4.69) is 15.6 Å². The Morgan fingerprint density at radius 2 is 2.09 bits per heavy atom. The van der Waals surface area contributed by atoms with Crippen LogP contribution in [-0.4, -0.2) is 31.8 Å². The summed E-state index contributed by atoms with van der Waals surface area (Å²) >= 11 is 0. The van der Waals surface area contributed by atoms with E-state index in [1.807, 2.05) is 13.0 Å². The van der Waals surface area contributed by atoms with Crippen molar-refractivity contribution in [3.05, 3.63) is 29.3 Å². The minimum atomic E-state index is -4.35. The van der Waals surface area contributed by atoms with Crippen molar-refractivity contribution < 1.29 is 17.9 Å². The zero-order valence-corrected chi connectivity index (χ0v) is 12.6. The van der Waals surface area contributed by atoms with Crippen molar-refractivity contribution in [2.75, 3.05) is 13.7 Å². The fourth-order valence-corrected chi connectivity index (χ4v) is 1.90. The van der Waals surface area contributed by atoms with E-state index in [0.29, 0.717) is 24.1 Å². The van der Waals surface area contributed by atoms with Crippen molar-refractivity contribution in [2.24, 2.45) is 4.99 Å². The molecule has 0 unspecified atom stereocenters. The van der Waals surface area contributed by atoms with Crippen LogP contribution in [0.1, 0.15) is 24.0 Å². The summed E-state index contributed by atoms with van der Waals surface area (Å²) in [5.41, 5.74) is 1.51. The van der Waals surface area contributed by atoms with E-state index in [1.54, 1.807) is 19.2 Å². The molecule has 0 heterocycles. The Morgan fingerprint density at radius 1 is 1.36 bits per heavy atom. The van der Waals surface area contributed by atoms with Gasteiger partial charge in [-0.3, -0.25) is 4.99 Å². The molecule has 0 radical (unpaired) electrons. The van der Waals surface area contributed by atoms with Gasteiger partial charge in [0.2, 0.25) is 0 Å². The summed E-state index contributed by atoms with van der Waals surface area (Å²) in [6, 6.07) is 5.66. The van der Waals surface area contributed by atoms with Crippen molar-refractivity contribution in [2.45, 2.75) is 38.5 Å². The van der Waals surface area contributed by atoms with Gasteiger partial charge in [0.15, 0.2) is 12.6 Å². The number of hydrogen-bond donors (Lipinski definition) is 2. The van der Waals surface area contributed by atoms with Gasteiger partial charge in [-0.2, -0.15) is 13.2 Å². The number of rotatable bonds is 5. The number of aliphatic imine (C=N–C) groups is 1. The van der Waals surface area contributed by atoms with E-state index in [0.717, 1.165) is 18.4 Å². The summed E-state index contributed by atoms with van der Waals surface area (Å²) in [5, 5.41) is 6.31. The molecule has 0 saturated heterocycles. The van der Waals surface area contributed by atoms with Crippen LogP contribution in [0.3, 0.4) is 0 Å². The van der Waals surface area contributed by atoms with Crippen LogP contribution in [0.15, 0.2) is 23.2 Å². The molecule has 22 heavy (non-hydrogen) atoms. The molecule has 1 aromatic carbocycles. The molecule has 1 fully saturated rings. The minimum Gasteiger partial charge on any atom is -0.484 e. The molecule has 1 aliphatic rings. The normalized spacial score (nSPS) is 15.6. The molecule has 0 atom stereocenters. The first-order chi connectivity index (χ1) is 10.4. The maximum absolute atomic E-state index is 12.3. The molecule has 0 amide bonds. The van der Waals surface area contributed by atoms with Crippen molar-refractivity contribution in [1.82, 2.24) is 10.6 Å². The Morgan fingerprint density at radius 3 is 2.68 bits per heavy atom. The van der Waals surface area contributed by atoms with Gasteiger partial charge in [0.05, 0.1) is 0 Å². The fourth-order valence-electron chi connectivity index (χ4n) is 1.90. The number of benzene rings is 1. The third-order valence-corrected chi connectivity index (χ3v) is 3.20. The van der Waals surface area contributed by atoms with E-state index in [9.17, 15) is 13.2 Å². The Labute approximate surface area is 127 Å². The van der Waals surface area contributed by atoms with Gasteiger partial charge < -0.3 is 15.4 Å². The predicted octanol–water partition coefficient (Wildman–Crippen LogP) is 2.76. The molecule has 2 N–H and O–H groups in total. The summed E-state index contributed by atoms with van der Waals surface area (Å²) in [4.78, 5) is 4.09. The number of guanidine groups is 1. The number of hydrogen-bond acceptors (Lipinski definition) is 2. The molecule has 0 bridgehead atoms. The number of aryl methyl sites for hydroxylation is 1. The summed E-state index contributed by atoms with van der Waals surface area (Å²) < 4.78 is 41.9. The zero-order chi connectivity index (χ0) is 16.2. The lowest BCUT2D eigenvalue weighted by Crippen LogP contribution is -2.38. The highest BCUT2D eigenvalue weighted by Crippen LogP contribution is 2.24. The van der Waals surface area contributed by atoms with Crippen LogP contribution in [0.25, 0.3) is 0 Å². The molecule has 1 aromatic rings. The van der Waals surface area contributed by atoms with Crippen molar-refractivity contribution in [3.8, 4) is 5.75 Å². The Bertz CT molecular complexity index is 539. The number of alkyl halides is 3. The quantitative estimate of drug-likeness (QED) is 0.649. The molecule has 0 aliphatic heterocycles. The second kappa shape index (κ2) is 6.89. The van der Waals surface area contributed by atoms with Gasteiger partial charge in [-0.15, -0.1) is 0 Å². The lowest BCUT2D eigenvalue weighted by molar-refractivity contribution is -0.153. The number of halogens is 3. The van der Waals surface area contributed by atoms with Gasteiger partial charge >= 0.3 is 6.18 Å². The second-order valence-corrected chi connectivity index (χ2v) is 5.36. The van der Waals surface area contributed by atoms with Crippen molar-refractivity contribution in [3.63, 3.8) is 0 Å². The van der Waals surface area contributed by atoms with Gasteiger partial charge in [0, 0.05) is 25.2 Å². The van der Waals surface area contributed by atoms with E-state index in [-0.39, 0.29) is 5.75 Å². The highest BCUT2D eigenvalue weighted by atomic mass is 19.4. The average molecular weight is 315 g/mol. The minimum absolute atomic E-state index is 0.242. The monoisotopic (exact) mass is 315 g/mol. The second-order valence-electron chi connectivity index (χ2n) is 5.36. The predicted molar refractivity (Wildman–Crippen MR) is 79.1 cm³/mol. The van der Waals surface area contributed by atoms with Crippen LogP contribution in [0.2, 0.25) is 0 Å². The van der Waals surface area contributed by atoms with Crippen LogP contribution in [0.5, 0.6) is 5.75 Å². The summed E-state index contributed by atoms with van der Waals surface area (Å²) in [6.45, 7) is 0.865. The molecule has 1 saturated carbocycles. The topological polar surface area (TPSA) is 45.7 Å². The SMILES string of the molecule is CN=C(NCc1ccc(C)cc1OCC(F)(F)F)NC1CC1. The van der Waals surface area contributed by atoms with Gasteiger partial charge in [-0.25, -0.2) is 0 Å². The highest BCUT2D eigenvalue weighted by molar-refractivity contribution is 5.80. The smallest absolute Gasteiger partial charge is 0.422 e. The van der Waals surface area contributed by atoms with E-state index >= 15 is 0 Å². The number of ether oxygens (including phenoxy) is 1. The van der Waals surface area contributed by atoms with Crippen molar-refractivity contribution >= 4 is 5.96 Å². The molecule has 1 aliphatic carbocycles. The van der Waals surface area contributed by atoms with Gasteiger partial charge in [-0.1, -0.05) is 12.1 Å². The lowest BCUT2D eigenvalue weighted by Gasteiger charge is -2.16. The fraction of sp³-hybridized carbons (Fsp3) is 0.533. The van der Waals surface area contributed by atoms with E-state index < -0.39 is 12.8 Å². The van der Waals surface area contributed by atoms with Gasteiger partial charge in [-0.05, 0) is 31.4 Å². The molecule has 0 spiro atoms. The van der Waals surface area contributed by atoms with Crippen LogP contribution in [0.4, 0.5) is 13.2 Å². The largest absolute Gasteiger partial charge is 0.484 e. The van der Waals surface area contributed by atoms with Crippen molar-refractivity contribution in [1.29, 1.82) is 0 Å². The van der Waals surface area contributed by atoms with Crippen LogP contribution < -0.4 is 15.4 Å². The van der Waals surface area contributed by atoms with Crippen LogP contribution in [-0.2, 0) is 6.54 Å². The van der Waals surface area contributed by atoms with E-state index in [1.165, 1.54) is 0 Å². The maximum atomic E-state index is 12.3. The molecule has 2 rings (SSSR count).